The van der Waals surface area contributed by atoms with Crippen LogP contribution in [0.15, 0.2) is 30.3 Å². The highest BCUT2D eigenvalue weighted by atomic mass is 16.6. The van der Waals surface area contributed by atoms with Crippen molar-refractivity contribution in [3.8, 4) is 5.75 Å². The Kier molecular flexibility index (Phi) is 8.90. The lowest BCUT2D eigenvalue weighted by atomic mass is 10.0. The molecule has 0 aliphatic carbocycles. The Morgan fingerprint density at radius 3 is 2.35 bits per heavy atom. The van der Waals surface area contributed by atoms with Crippen LogP contribution in [0.3, 0.4) is 0 Å². The van der Waals surface area contributed by atoms with Crippen LogP contribution in [0.1, 0.15) is 45.6 Å². The minimum atomic E-state index is -0.568. The first-order valence-corrected chi connectivity index (χ1v) is 10.5. The van der Waals surface area contributed by atoms with Gasteiger partial charge in [0.1, 0.15) is 11.4 Å². The molecule has 0 saturated carbocycles. The van der Waals surface area contributed by atoms with Gasteiger partial charge in [0.05, 0.1) is 7.11 Å². The molecule has 3 amide bonds. The Bertz CT molecular complexity index is 775. The molecule has 1 fully saturated rings. The molecule has 31 heavy (non-hydrogen) atoms. The maximum Gasteiger partial charge on any atom is 0.407 e. The largest absolute Gasteiger partial charge is 0.497 e. The van der Waals surface area contributed by atoms with Gasteiger partial charge in [0.25, 0.3) is 0 Å². The summed E-state index contributed by atoms with van der Waals surface area (Å²) in [5, 5.41) is 5.54. The number of nitrogens with one attached hydrogen (secondary N) is 2. The molecular weight excluding hydrogens is 398 g/mol. The summed E-state index contributed by atoms with van der Waals surface area (Å²) in [5.74, 6) is 0.607. The fourth-order valence-electron chi connectivity index (χ4n) is 3.12. The Morgan fingerprint density at radius 2 is 1.77 bits per heavy atom. The van der Waals surface area contributed by atoms with Gasteiger partial charge in [0.15, 0.2) is 0 Å². The Hall–Kier alpha value is -3.03. The lowest BCUT2D eigenvalue weighted by Gasteiger charge is -2.31. The van der Waals surface area contributed by atoms with Crippen LogP contribution in [0.2, 0.25) is 0 Å². The van der Waals surface area contributed by atoms with Crippen molar-refractivity contribution in [2.75, 3.05) is 26.7 Å². The molecule has 1 aliphatic heterocycles. The monoisotopic (exact) mass is 431 g/mol. The van der Waals surface area contributed by atoms with Crippen LogP contribution in [-0.2, 0) is 14.3 Å². The summed E-state index contributed by atoms with van der Waals surface area (Å²) in [7, 11) is 1.61. The molecule has 2 N–H and O–H groups in total. The second-order valence-corrected chi connectivity index (χ2v) is 8.45. The summed E-state index contributed by atoms with van der Waals surface area (Å²) in [6.45, 7) is 6.75. The average Bonchev–Trinajstić information content (AvgIpc) is 2.71. The lowest BCUT2D eigenvalue weighted by Crippen LogP contribution is -2.46. The molecule has 0 bridgehead atoms. The molecule has 8 nitrogen and oxygen atoms in total. The lowest BCUT2D eigenvalue weighted by molar-refractivity contribution is -0.127. The van der Waals surface area contributed by atoms with Gasteiger partial charge in [0.2, 0.25) is 11.8 Å². The molecule has 8 heteroatoms. The molecule has 1 aromatic carbocycles. The van der Waals surface area contributed by atoms with Crippen molar-refractivity contribution in [2.45, 2.75) is 51.7 Å². The molecule has 0 atom stereocenters. The molecule has 0 aromatic heterocycles. The van der Waals surface area contributed by atoms with Gasteiger partial charge < -0.3 is 25.0 Å². The number of carbonyl (C=O) groups excluding carboxylic acids is 3. The molecule has 1 aromatic rings. The molecule has 0 unspecified atom stereocenters. The highest BCUT2D eigenvalue weighted by molar-refractivity contribution is 5.91. The molecule has 2 rings (SSSR count). The second-order valence-electron chi connectivity index (χ2n) is 8.45. The number of nitrogens with zero attached hydrogens (tertiary/aromatic N) is 1. The van der Waals surface area contributed by atoms with Crippen LogP contribution in [-0.4, -0.2) is 61.2 Å². The molecule has 1 aliphatic rings. The highest BCUT2D eigenvalue weighted by Gasteiger charge is 2.23. The molecule has 170 valence electrons. The number of likely N-dealkylation sites (tertiary alicyclic amines) is 1. The van der Waals surface area contributed by atoms with E-state index in [1.54, 1.807) is 44.9 Å². The van der Waals surface area contributed by atoms with Gasteiger partial charge in [-0.15, -0.1) is 0 Å². The number of amides is 3. The van der Waals surface area contributed by atoms with Gasteiger partial charge in [0, 0.05) is 38.2 Å². The number of piperidine rings is 1. The fraction of sp³-hybridized carbons (Fsp3) is 0.522. The van der Waals surface area contributed by atoms with Crippen molar-refractivity contribution < 1.29 is 23.9 Å². The molecule has 0 spiro atoms. The molecule has 1 saturated heterocycles. The summed E-state index contributed by atoms with van der Waals surface area (Å²) < 4.78 is 10.3. The van der Waals surface area contributed by atoms with E-state index in [2.05, 4.69) is 10.6 Å². The van der Waals surface area contributed by atoms with E-state index in [0.717, 1.165) is 11.3 Å². The Morgan fingerprint density at radius 1 is 1.13 bits per heavy atom. The van der Waals surface area contributed by atoms with E-state index in [-0.39, 0.29) is 30.8 Å². The van der Waals surface area contributed by atoms with Crippen molar-refractivity contribution in [1.82, 2.24) is 15.5 Å². The van der Waals surface area contributed by atoms with Gasteiger partial charge in [-0.05, 0) is 57.4 Å². The zero-order valence-corrected chi connectivity index (χ0v) is 18.8. The number of rotatable bonds is 7. The third-order valence-electron chi connectivity index (χ3n) is 4.73. The van der Waals surface area contributed by atoms with E-state index in [0.29, 0.717) is 25.9 Å². The first kappa shape index (κ1) is 24.2. The summed E-state index contributed by atoms with van der Waals surface area (Å²) in [5.41, 5.74) is 0.359. The topological polar surface area (TPSA) is 97.0 Å². The van der Waals surface area contributed by atoms with Gasteiger partial charge >= 0.3 is 6.09 Å². The predicted molar refractivity (Wildman–Crippen MR) is 119 cm³/mol. The van der Waals surface area contributed by atoms with Crippen LogP contribution in [0.5, 0.6) is 5.75 Å². The molecular formula is C23H33N3O5. The minimum Gasteiger partial charge on any atom is -0.497 e. The number of benzene rings is 1. The SMILES string of the molecule is COc1ccc(/C=C/C(=O)N2CCC(NC(=O)CCNC(=O)OC(C)(C)C)CC2)cc1. The van der Waals surface area contributed by atoms with Crippen LogP contribution in [0.25, 0.3) is 6.08 Å². The van der Waals surface area contributed by atoms with Crippen molar-refractivity contribution in [3.05, 3.63) is 35.9 Å². The number of methoxy groups -OCH3 is 1. The zero-order chi connectivity index (χ0) is 22.9. The van der Waals surface area contributed by atoms with Crippen molar-refractivity contribution in [2.24, 2.45) is 0 Å². The zero-order valence-electron chi connectivity index (χ0n) is 18.8. The fourth-order valence-corrected chi connectivity index (χ4v) is 3.12. The maximum atomic E-state index is 12.4. The van der Waals surface area contributed by atoms with Crippen molar-refractivity contribution >= 4 is 24.0 Å². The van der Waals surface area contributed by atoms with Gasteiger partial charge in [-0.3, -0.25) is 9.59 Å². The number of alkyl carbamates (subject to hydrolysis) is 1. The van der Waals surface area contributed by atoms with Gasteiger partial charge in [-0.25, -0.2) is 4.79 Å². The number of ether oxygens (including phenoxy) is 2. The number of hydrogen-bond donors (Lipinski definition) is 2. The van der Waals surface area contributed by atoms with Crippen LogP contribution in [0, 0.1) is 0 Å². The van der Waals surface area contributed by atoms with Crippen LogP contribution < -0.4 is 15.4 Å². The number of carbonyl (C=O) groups is 3. The molecule has 0 radical (unpaired) electrons. The summed E-state index contributed by atoms with van der Waals surface area (Å²) in [6, 6.07) is 7.51. The summed E-state index contributed by atoms with van der Waals surface area (Å²) in [4.78, 5) is 37.9. The highest BCUT2D eigenvalue weighted by Crippen LogP contribution is 2.14. The second kappa shape index (κ2) is 11.4. The van der Waals surface area contributed by atoms with Crippen molar-refractivity contribution in [3.63, 3.8) is 0 Å². The van der Waals surface area contributed by atoms with E-state index in [9.17, 15) is 14.4 Å². The van der Waals surface area contributed by atoms with E-state index >= 15 is 0 Å². The molecule has 1 heterocycles. The van der Waals surface area contributed by atoms with E-state index in [1.165, 1.54) is 0 Å². The van der Waals surface area contributed by atoms with E-state index in [1.807, 2.05) is 24.3 Å². The third-order valence-corrected chi connectivity index (χ3v) is 4.73. The Labute approximate surface area is 184 Å². The van der Waals surface area contributed by atoms with Gasteiger partial charge in [-0.1, -0.05) is 12.1 Å². The van der Waals surface area contributed by atoms with Gasteiger partial charge in [-0.2, -0.15) is 0 Å². The first-order valence-electron chi connectivity index (χ1n) is 10.5. The van der Waals surface area contributed by atoms with Crippen LogP contribution >= 0.6 is 0 Å². The predicted octanol–water partition coefficient (Wildman–Crippen LogP) is 2.73. The smallest absolute Gasteiger partial charge is 0.407 e. The standard InChI is InChI=1S/C23H33N3O5/c1-23(2,3)31-22(29)24-14-11-20(27)25-18-12-15-26(16-13-18)21(28)10-7-17-5-8-19(30-4)9-6-17/h5-10,18H,11-16H2,1-4H3,(H,24,29)(H,25,27)/b10-7+. The quantitative estimate of drug-likeness (QED) is 0.647. The maximum absolute atomic E-state index is 12.4. The number of hydrogen-bond acceptors (Lipinski definition) is 5. The first-order chi connectivity index (χ1) is 14.7. The normalized spacial score (nSPS) is 14.9. The third kappa shape index (κ3) is 9.11. The van der Waals surface area contributed by atoms with Crippen LogP contribution in [0.4, 0.5) is 4.79 Å². The Balaban J connectivity index is 1.67. The van der Waals surface area contributed by atoms with E-state index < -0.39 is 11.7 Å². The summed E-state index contributed by atoms with van der Waals surface area (Å²) >= 11 is 0. The summed E-state index contributed by atoms with van der Waals surface area (Å²) in [6.07, 6.45) is 4.41. The van der Waals surface area contributed by atoms with Crippen molar-refractivity contribution in [1.29, 1.82) is 0 Å². The minimum absolute atomic E-state index is 0.0312. The van der Waals surface area contributed by atoms with E-state index in [4.69, 9.17) is 9.47 Å². The average molecular weight is 432 g/mol.